The molecule has 0 rings (SSSR count). The average Bonchev–Trinajstić information content (AvgIpc) is 2.44. The highest BCUT2D eigenvalue weighted by Crippen LogP contribution is 2.60. The Labute approximate surface area is 146 Å². The lowest BCUT2D eigenvalue weighted by molar-refractivity contribution is -0.440. The van der Waals surface area contributed by atoms with Gasteiger partial charge < -0.3 is 0 Å². The molecule has 0 spiro atoms. The number of halogens is 13. The first kappa shape index (κ1) is 26.1. The molecule has 0 bridgehead atoms. The number of hydrogen-bond acceptors (Lipinski definition) is 0. The van der Waals surface area contributed by atoms with Crippen molar-refractivity contribution < 1.29 is 57.1 Å². The van der Waals surface area contributed by atoms with Gasteiger partial charge in [-0.2, -0.15) is 57.1 Å². The molecular formula is C14H17F13. The summed E-state index contributed by atoms with van der Waals surface area (Å²) < 4.78 is 167. The van der Waals surface area contributed by atoms with Gasteiger partial charge in [-0.15, -0.1) is 0 Å². The molecule has 0 aliphatic carbocycles. The van der Waals surface area contributed by atoms with Crippen LogP contribution < -0.4 is 0 Å². The van der Waals surface area contributed by atoms with Crippen molar-refractivity contribution in [3.05, 3.63) is 0 Å². The topological polar surface area (TPSA) is 0 Å². The van der Waals surface area contributed by atoms with Gasteiger partial charge in [-0.3, -0.25) is 0 Å². The first-order chi connectivity index (χ1) is 11.7. The molecule has 0 unspecified atom stereocenters. The maximum Gasteiger partial charge on any atom is 0.460 e. The minimum atomic E-state index is -7.82. The van der Waals surface area contributed by atoms with Gasteiger partial charge in [0, 0.05) is 6.42 Å². The Morgan fingerprint density at radius 2 is 0.926 bits per heavy atom. The third kappa shape index (κ3) is 4.75. The van der Waals surface area contributed by atoms with E-state index in [0.717, 1.165) is 0 Å². The molecule has 0 fully saturated rings. The lowest BCUT2D eigenvalue weighted by Gasteiger charge is -2.39. The van der Waals surface area contributed by atoms with Crippen molar-refractivity contribution in [2.24, 2.45) is 5.92 Å². The highest BCUT2D eigenvalue weighted by molar-refractivity contribution is 5.10. The molecule has 0 heterocycles. The summed E-state index contributed by atoms with van der Waals surface area (Å²) >= 11 is 0. The van der Waals surface area contributed by atoms with E-state index in [2.05, 4.69) is 0 Å². The highest BCUT2D eigenvalue weighted by atomic mass is 19.4. The summed E-state index contributed by atoms with van der Waals surface area (Å²) in [6.07, 6.45) is -9.85. The van der Waals surface area contributed by atoms with E-state index >= 15 is 0 Å². The standard InChI is InChI=1S/C14H17F13/c1-8(2)6-4-3-5-7-9(15,16)10(17,18)11(19,20)12(21,22)13(23,24)14(25,26)27/h8H,3-7H2,1-2H3. The number of hydrogen-bond donors (Lipinski definition) is 0. The van der Waals surface area contributed by atoms with Crippen molar-refractivity contribution in [1.29, 1.82) is 0 Å². The van der Waals surface area contributed by atoms with Crippen molar-refractivity contribution >= 4 is 0 Å². The van der Waals surface area contributed by atoms with E-state index in [9.17, 15) is 57.1 Å². The smallest absolute Gasteiger partial charge is 0.200 e. The van der Waals surface area contributed by atoms with Crippen molar-refractivity contribution in [3.63, 3.8) is 0 Å². The van der Waals surface area contributed by atoms with Gasteiger partial charge in [0.2, 0.25) is 0 Å². The summed E-state index contributed by atoms with van der Waals surface area (Å²) in [7, 11) is 0. The Hall–Kier alpha value is -0.910. The molecule has 0 aliphatic rings. The van der Waals surface area contributed by atoms with Crippen molar-refractivity contribution in [2.45, 2.75) is 81.7 Å². The highest BCUT2D eigenvalue weighted by Gasteiger charge is 2.90. The fraction of sp³-hybridized carbons (Fsp3) is 1.00. The van der Waals surface area contributed by atoms with E-state index in [1.54, 1.807) is 13.8 Å². The molecule has 0 saturated carbocycles. The molecule has 13 heteroatoms. The summed E-state index contributed by atoms with van der Waals surface area (Å²) in [5.74, 6) is -36.2. The second-order valence-corrected chi connectivity index (χ2v) is 6.49. The van der Waals surface area contributed by atoms with E-state index in [1.165, 1.54) is 0 Å². The van der Waals surface area contributed by atoms with Gasteiger partial charge in [-0.1, -0.05) is 33.1 Å². The summed E-state index contributed by atoms with van der Waals surface area (Å²) in [5, 5.41) is 0. The molecule has 0 aromatic heterocycles. The lowest BCUT2D eigenvalue weighted by Crippen LogP contribution is -2.70. The predicted molar refractivity (Wildman–Crippen MR) is 68.7 cm³/mol. The SMILES string of the molecule is CC(C)CCCCCC(F)(F)C(F)(F)C(F)(F)C(F)(F)C(F)(F)C(F)(F)F. The third-order valence-corrected chi connectivity index (χ3v) is 3.77. The van der Waals surface area contributed by atoms with E-state index in [0.29, 0.717) is 6.42 Å². The number of unbranched alkanes of at least 4 members (excludes halogenated alkanes) is 2. The largest absolute Gasteiger partial charge is 0.460 e. The van der Waals surface area contributed by atoms with Crippen molar-refractivity contribution in [2.75, 3.05) is 0 Å². The summed E-state index contributed by atoms with van der Waals surface area (Å²) in [4.78, 5) is 0. The van der Waals surface area contributed by atoms with Gasteiger partial charge >= 0.3 is 35.8 Å². The summed E-state index contributed by atoms with van der Waals surface area (Å²) in [6.45, 7) is 3.46. The Morgan fingerprint density at radius 1 is 0.519 bits per heavy atom. The maximum atomic E-state index is 13.4. The van der Waals surface area contributed by atoms with Crippen molar-refractivity contribution in [3.8, 4) is 0 Å². The van der Waals surface area contributed by atoms with Gasteiger partial charge in [-0.05, 0) is 12.3 Å². The zero-order valence-electron chi connectivity index (χ0n) is 14.0. The molecule has 0 nitrogen and oxygen atoms in total. The molecule has 0 aliphatic heterocycles. The first-order valence-electron chi connectivity index (χ1n) is 7.62. The van der Waals surface area contributed by atoms with E-state index < -0.39 is 48.6 Å². The van der Waals surface area contributed by atoms with Gasteiger partial charge in [0.25, 0.3) is 0 Å². The predicted octanol–water partition coefficient (Wildman–Crippen LogP) is 7.33. The Kier molecular flexibility index (Phi) is 7.58. The molecule has 0 aromatic carbocycles. The summed E-state index contributed by atoms with van der Waals surface area (Å²) in [6, 6.07) is 0. The van der Waals surface area contributed by atoms with E-state index in [4.69, 9.17) is 0 Å². The zero-order chi connectivity index (χ0) is 22.1. The van der Waals surface area contributed by atoms with Crippen LogP contribution in [0.3, 0.4) is 0 Å². The van der Waals surface area contributed by atoms with Crippen LogP contribution in [-0.4, -0.2) is 35.8 Å². The molecular weight excluding hydrogens is 415 g/mol. The fourth-order valence-electron chi connectivity index (χ4n) is 2.04. The molecule has 0 amide bonds. The second-order valence-electron chi connectivity index (χ2n) is 6.49. The van der Waals surface area contributed by atoms with Gasteiger partial charge in [0.15, 0.2) is 0 Å². The molecule has 0 radical (unpaired) electrons. The minimum Gasteiger partial charge on any atom is -0.200 e. The van der Waals surface area contributed by atoms with Crippen LogP contribution in [0.5, 0.6) is 0 Å². The first-order valence-corrected chi connectivity index (χ1v) is 7.62. The third-order valence-electron chi connectivity index (χ3n) is 3.77. The second kappa shape index (κ2) is 7.84. The van der Waals surface area contributed by atoms with Crippen molar-refractivity contribution in [1.82, 2.24) is 0 Å². The molecule has 0 saturated heterocycles. The Balaban J connectivity index is 5.56. The van der Waals surface area contributed by atoms with Gasteiger partial charge in [0.05, 0.1) is 0 Å². The zero-order valence-corrected chi connectivity index (χ0v) is 14.0. The fourth-order valence-corrected chi connectivity index (χ4v) is 2.04. The van der Waals surface area contributed by atoms with Gasteiger partial charge in [0.1, 0.15) is 0 Å². The van der Waals surface area contributed by atoms with Crippen LogP contribution in [0.1, 0.15) is 46.0 Å². The quantitative estimate of drug-likeness (QED) is 0.250. The molecule has 0 aromatic rings. The Morgan fingerprint density at radius 3 is 1.30 bits per heavy atom. The maximum absolute atomic E-state index is 13.4. The van der Waals surface area contributed by atoms with E-state index in [1.807, 2.05) is 0 Å². The normalized spacial score (nSPS) is 15.6. The molecule has 164 valence electrons. The monoisotopic (exact) mass is 432 g/mol. The molecule has 0 atom stereocenters. The molecule has 0 N–H and O–H groups in total. The minimum absolute atomic E-state index is 0.0968. The van der Waals surface area contributed by atoms with Crippen LogP contribution in [0.4, 0.5) is 57.1 Å². The van der Waals surface area contributed by atoms with Crippen LogP contribution >= 0.6 is 0 Å². The number of alkyl halides is 13. The average molecular weight is 432 g/mol. The van der Waals surface area contributed by atoms with Gasteiger partial charge in [-0.25, -0.2) is 0 Å². The van der Waals surface area contributed by atoms with Crippen LogP contribution in [0.15, 0.2) is 0 Å². The molecule has 27 heavy (non-hydrogen) atoms. The van der Waals surface area contributed by atoms with Crippen LogP contribution in [-0.2, 0) is 0 Å². The van der Waals surface area contributed by atoms with E-state index in [-0.39, 0.29) is 18.8 Å². The lowest BCUT2D eigenvalue weighted by atomic mass is 9.91. The van der Waals surface area contributed by atoms with Crippen LogP contribution in [0, 0.1) is 5.92 Å². The number of rotatable bonds is 10. The summed E-state index contributed by atoms with van der Waals surface area (Å²) in [5.41, 5.74) is 0. The Bertz CT molecular complexity index is 476. The van der Waals surface area contributed by atoms with Crippen LogP contribution in [0.2, 0.25) is 0 Å². The van der Waals surface area contributed by atoms with Crippen LogP contribution in [0.25, 0.3) is 0 Å².